The smallest absolute Gasteiger partial charge is 0.160 e. The quantitative estimate of drug-likeness (QED) is 0.674. The van der Waals surface area contributed by atoms with E-state index in [1.54, 1.807) is 6.92 Å². The van der Waals surface area contributed by atoms with E-state index in [1.807, 2.05) is 18.2 Å². The molecule has 1 nitrogen and oxygen atoms in total. The predicted octanol–water partition coefficient (Wildman–Crippen LogP) is 3.60. The first-order valence-electron chi connectivity index (χ1n) is 5.25. The van der Waals surface area contributed by atoms with Gasteiger partial charge in [-0.3, -0.25) is 4.79 Å². The van der Waals surface area contributed by atoms with Crippen LogP contribution >= 0.6 is 0 Å². The second-order valence-electron chi connectivity index (χ2n) is 3.77. The van der Waals surface area contributed by atoms with E-state index in [9.17, 15) is 4.79 Å². The van der Waals surface area contributed by atoms with Crippen LogP contribution in [0.1, 0.15) is 29.8 Å². The number of fused-ring (bicyclic) bond motifs is 1. The lowest BCUT2D eigenvalue weighted by Crippen LogP contribution is -1.93. The molecule has 0 aromatic heterocycles. The minimum atomic E-state index is 0.129. The third-order valence-corrected chi connectivity index (χ3v) is 2.73. The van der Waals surface area contributed by atoms with Crippen molar-refractivity contribution in [3.05, 3.63) is 47.5 Å². The van der Waals surface area contributed by atoms with Crippen molar-refractivity contribution in [2.24, 2.45) is 0 Å². The van der Waals surface area contributed by atoms with Crippen LogP contribution in [0.15, 0.2) is 36.4 Å². The van der Waals surface area contributed by atoms with E-state index < -0.39 is 0 Å². The first-order valence-corrected chi connectivity index (χ1v) is 5.25. The molecule has 0 saturated carbocycles. The van der Waals surface area contributed by atoms with E-state index in [-0.39, 0.29) is 5.78 Å². The minimum Gasteiger partial charge on any atom is -0.294 e. The normalized spacial score (nSPS) is 10.5. The summed E-state index contributed by atoms with van der Waals surface area (Å²) < 4.78 is 0. The number of aryl methyl sites for hydroxylation is 1. The molecule has 0 fully saturated rings. The lowest BCUT2D eigenvalue weighted by atomic mass is 9.99. The molecule has 0 spiro atoms. The molecule has 2 aromatic rings. The number of Topliss-reactive ketones (excluding diaryl/α,β-unsaturated/α-hetero) is 1. The Morgan fingerprint density at radius 1 is 1.20 bits per heavy atom. The molecule has 0 amide bonds. The van der Waals surface area contributed by atoms with Crippen LogP contribution in [0.5, 0.6) is 0 Å². The molecule has 1 heteroatoms. The molecular formula is C14H14O. The van der Waals surface area contributed by atoms with Gasteiger partial charge in [0.2, 0.25) is 0 Å². The van der Waals surface area contributed by atoms with Gasteiger partial charge < -0.3 is 0 Å². The number of carbonyl (C=O) groups is 1. The molecule has 0 atom stereocenters. The Morgan fingerprint density at radius 3 is 2.67 bits per heavy atom. The monoisotopic (exact) mass is 198 g/mol. The molecule has 0 aliphatic rings. The van der Waals surface area contributed by atoms with E-state index in [1.165, 1.54) is 5.56 Å². The van der Waals surface area contributed by atoms with Crippen LogP contribution in [0.25, 0.3) is 10.8 Å². The molecule has 0 heterocycles. The Hall–Kier alpha value is -1.63. The molecule has 2 aromatic carbocycles. The van der Waals surface area contributed by atoms with Gasteiger partial charge in [-0.1, -0.05) is 43.3 Å². The third-order valence-electron chi connectivity index (χ3n) is 2.73. The summed E-state index contributed by atoms with van der Waals surface area (Å²) in [6, 6.07) is 12.2. The van der Waals surface area contributed by atoms with E-state index in [0.29, 0.717) is 0 Å². The number of benzene rings is 2. The third kappa shape index (κ3) is 1.78. The van der Waals surface area contributed by atoms with Crippen LogP contribution in [0.3, 0.4) is 0 Å². The van der Waals surface area contributed by atoms with Gasteiger partial charge in [0, 0.05) is 5.56 Å². The average Bonchev–Trinajstić information content (AvgIpc) is 2.27. The molecule has 0 radical (unpaired) electrons. The summed E-state index contributed by atoms with van der Waals surface area (Å²) in [5.74, 6) is 0.129. The molecular weight excluding hydrogens is 184 g/mol. The van der Waals surface area contributed by atoms with Crippen LogP contribution in [0, 0.1) is 0 Å². The van der Waals surface area contributed by atoms with Gasteiger partial charge in [0.05, 0.1) is 0 Å². The highest BCUT2D eigenvalue weighted by molar-refractivity contribution is 6.07. The van der Waals surface area contributed by atoms with Gasteiger partial charge in [-0.2, -0.15) is 0 Å². The van der Waals surface area contributed by atoms with E-state index in [0.717, 1.165) is 22.8 Å². The Balaban J connectivity index is 2.72. The molecule has 15 heavy (non-hydrogen) atoms. The maximum atomic E-state index is 11.4. The van der Waals surface area contributed by atoms with Crippen LogP contribution in [0.2, 0.25) is 0 Å². The summed E-state index contributed by atoms with van der Waals surface area (Å²) in [5.41, 5.74) is 2.12. The molecule has 0 aliphatic carbocycles. The standard InChI is InChI=1S/C14H14O/c1-3-11-7-8-14-12(9-11)5-4-6-13(14)10(2)15/h4-9H,3H2,1-2H3. The largest absolute Gasteiger partial charge is 0.294 e. The highest BCUT2D eigenvalue weighted by Crippen LogP contribution is 2.20. The van der Waals surface area contributed by atoms with Gasteiger partial charge >= 0.3 is 0 Å². The lowest BCUT2D eigenvalue weighted by Gasteiger charge is -2.04. The van der Waals surface area contributed by atoms with Crippen molar-refractivity contribution in [1.82, 2.24) is 0 Å². The number of hydrogen-bond donors (Lipinski definition) is 0. The molecule has 0 bridgehead atoms. The fourth-order valence-corrected chi connectivity index (χ4v) is 1.86. The second kappa shape index (κ2) is 3.85. The number of ketones is 1. The molecule has 0 unspecified atom stereocenters. The Bertz CT molecular complexity index is 512. The maximum absolute atomic E-state index is 11.4. The molecule has 0 aliphatic heterocycles. The van der Waals surface area contributed by atoms with Crippen LogP contribution in [-0.2, 0) is 6.42 Å². The van der Waals surface area contributed by atoms with Crippen molar-refractivity contribution in [2.45, 2.75) is 20.3 Å². The van der Waals surface area contributed by atoms with Crippen LogP contribution < -0.4 is 0 Å². The Kier molecular flexibility index (Phi) is 2.55. The minimum absolute atomic E-state index is 0.129. The zero-order valence-electron chi connectivity index (χ0n) is 9.08. The average molecular weight is 198 g/mol. The fraction of sp³-hybridized carbons (Fsp3) is 0.214. The van der Waals surface area contributed by atoms with Crippen molar-refractivity contribution in [1.29, 1.82) is 0 Å². The van der Waals surface area contributed by atoms with Crippen molar-refractivity contribution in [3.63, 3.8) is 0 Å². The van der Waals surface area contributed by atoms with E-state index in [4.69, 9.17) is 0 Å². The van der Waals surface area contributed by atoms with Crippen molar-refractivity contribution in [2.75, 3.05) is 0 Å². The van der Waals surface area contributed by atoms with E-state index >= 15 is 0 Å². The number of hydrogen-bond acceptors (Lipinski definition) is 1. The Labute approximate surface area is 89.7 Å². The SMILES string of the molecule is CCc1ccc2c(C(C)=O)cccc2c1. The molecule has 0 saturated heterocycles. The summed E-state index contributed by atoms with van der Waals surface area (Å²) in [6.07, 6.45) is 1.03. The van der Waals surface area contributed by atoms with Crippen molar-refractivity contribution in [3.8, 4) is 0 Å². The second-order valence-corrected chi connectivity index (χ2v) is 3.77. The number of rotatable bonds is 2. The van der Waals surface area contributed by atoms with E-state index in [2.05, 4.69) is 25.1 Å². The van der Waals surface area contributed by atoms with Gasteiger partial charge in [-0.15, -0.1) is 0 Å². The zero-order chi connectivity index (χ0) is 10.8. The first-order chi connectivity index (χ1) is 7.22. The van der Waals surface area contributed by atoms with Gasteiger partial charge in [0.15, 0.2) is 5.78 Å². The van der Waals surface area contributed by atoms with Gasteiger partial charge in [0.25, 0.3) is 0 Å². The summed E-state index contributed by atoms with van der Waals surface area (Å²) >= 11 is 0. The van der Waals surface area contributed by atoms with Crippen LogP contribution in [-0.4, -0.2) is 5.78 Å². The maximum Gasteiger partial charge on any atom is 0.160 e. The fourth-order valence-electron chi connectivity index (χ4n) is 1.86. The highest BCUT2D eigenvalue weighted by atomic mass is 16.1. The van der Waals surface area contributed by atoms with Gasteiger partial charge in [0.1, 0.15) is 0 Å². The topological polar surface area (TPSA) is 17.1 Å². The molecule has 2 rings (SSSR count). The zero-order valence-corrected chi connectivity index (χ0v) is 9.08. The summed E-state index contributed by atoms with van der Waals surface area (Å²) in [6.45, 7) is 3.75. The summed E-state index contributed by atoms with van der Waals surface area (Å²) in [7, 11) is 0. The molecule has 0 N–H and O–H groups in total. The van der Waals surface area contributed by atoms with Crippen LogP contribution in [0.4, 0.5) is 0 Å². The van der Waals surface area contributed by atoms with Gasteiger partial charge in [-0.25, -0.2) is 0 Å². The summed E-state index contributed by atoms with van der Waals surface area (Å²) in [5, 5.41) is 2.21. The molecule has 76 valence electrons. The predicted molar refractivity (Wildman–Crippen MR) is 63.3 cm³/mol. The summed E-state index contributed by atoms with van der Waals surface area (Å²) in [4.78, 5) is 11.4. The van der Waals surface area contributed by atoms with Crippen molar-refractivity contribution < 1.29 is 4.79 Å². The Morgan fingerprint density at radius 2 is 2.00 bits per heavy atom. The number of carbonyl (C=O) groups excluding carboxylic acids is 1. The highest BCUT2D eigenvalue weighted by Gasteiger charge is 2.04. The van der Waals surface area contributed by atoms with Gasteiger partial charge in [-0.05, 0) is 29.7 Å². The first kappa shape index (κ1) is 9.91. The lowest BCUT2D eigenvalue weighted by molar-refractivity contribution is 0.101. The van der Waals surface area contributed by atoms with Crippen molar-refractivity contribution >= 4 is 16.6 Å².